The SMILES string of the molecule is COCCOc1cc(N)cc(C(F)(F)F)n1. The largest absolute Gasteiger partial charge is 0.475 e. The first-order valence-electron chi connectivity index (χ1n) is 4.40. The Morgan fingerprint density at radius 3 is 2.56 bits per heavy atom. The summed E-state index contributed by atoms with van der Waals surface area (Å²) in [5.74, 6) is -0.163. The van der Waals surface area contributed by atoms with Crippen LogP contribution >= 0.6 is 0 Å². The molecule has 1 aromatic heterocycles. The average molecular weight is 236 g/mol. The summed E-state index contributed by atoms with van der Waals surface area (Å²) in [6.07, 6.45) is -4.53. The Labute approximate surface area is 90.2 Å². The molecule has 1 rings (SSSR count). The molecule has 0 bridgehead atoms. The molecule has 4 nitrogen and oxygen atoms in total. The van der Waals surface area contributed by atoms with E-state index in [1.165, 1.54) is 13.2 Å². The summed E-state index contributed by atoms with van der Waals surface area (Å²) in [4.78, 5) is 3.29. The number of nitrogens with zero attached hydrogens (tertiary/aromatic N) is 1. The molecule has 0 atom stereocenters. The number of anilines is 1. The Morgan fingerprint density at radius 2 is 2.00 bits per heavy atom. The molecule has 0 fully saturated rings. The third-order valence-electron chi connectivity index (χ3n) is 1.65. The van der Waals surface area contributed by atoms with Crippen LogP contribution in [0.3, 0.4) is 0 Å². The van der Waals surface area contributed by atoms with E-state index in [0.717, 1.165) is 6.07 Å². The first kappa shape index (κ1) is 12.6. The zero-order valence-electron chi connectivity index (χ0n) is 8.54. The van der Waals surface area contributed by atoms with Gasteiger partial charge in [-0.05, 0) is 6.07 Å². The Morgan fingerprint density at radius 1 is 1.31 bits per heavy atom. The first-order valence-corrected chi connectivity index (χ1v) is 4.40. The van der Waals surface area contributed by atoms with Gasteiger partial charge in [-0.3, -0.25) is 0 Å². The van der Waals surface area contributed by atoms with Gasteiger partial charge in [0.1, 0.15) is 6.61 Å². The van der Waals surface area contributed by atoms with Crippen LogP contribution in [-0.4, -0.2) is 25.3 Å². The number of hydrogen-bond acceptors (Lipinski definition) is 4. The van der Waals surface area contributed by atoms with E-state index in [9.17, 15) is 13.2 Å². The third-order valence-corrected chi connectivity index (χ3v) is 1.65. The number of aromatic nitrogens is 1. The normalized spacial score (nSPS) is 11.5. The van der Waals surface area contributed by atoms with Gasteiger partial charge in [-0.25, -0.2) is 4.98 Å². The number of ether oxygens (including phenoxy) is 2. The molecular weight excluding hydrogens is 225 g/mol. The summed E-state index contributed by atoms with van der Waals surface area (Å²) < 4.78 is 46.6. The molecule has 0 aliphatic heterocycles. The summed E-state index contributed by atoms with van der Waals surface area (Å²) in [7, 11) is 1.46. The molecule has 0 saturated carbocycles. The van der Waals surface area contributed by atoms with Gasteiger partial charge >= 0.3 is 6.18 Å². The van der Waals surface area contributed by atoms with E-state index >= 15 is 0 Å². The number of methoxy groups -OCH3 is 1. The van der Waals surface area contributed by atoms with Gasteiger partial charge in [0, 0.05) is 18.9 Å². The standard InChI is InChI=1S/C9H11F3N2O2/c1-15-2-3-16-8-5-6(13)4-7(14-8)9(10,11)12/h4-5H,2-3H2,1H3,(H2,13,14). The van der Waals surface area contributed by atoms with Crippen LogP contribution in [0.1, 0.15) is 5.69 Å². The average Bonchev–Trinajstić information content (AvgIpc) is 2.16. The summed E-state index contributed by atoms with van der Waals surface area (Å²) in [5.41, 5.74) is 4.19. The zero-order valence-corrected chi connectivity index (χ0v) is 8.54. The molecule has 0 aliphatic carbocycles. The van der Waals surface area contributed by atoms with Crippen LogP contribution in [0.15, 0.2) is 12.1 Å². The Hall–Kier alpha value is -1.50. The van der Waals surface area contributed by atoms with Crippen molar-refractivity contribution >= 4 is 5.69 Å². The summed E-state index contributed by atoms with van der Waals surface area (Å²) in [5, 5.41) is 0. The molecule has 90 valence electrons. The fourth-order valence-electron chi connectivity index (χ4n) is 0.974. The van der Waals surface area contributed by atoms with Crippen LogP contribution in [0.5, 0.6) is 5.88 Å². The fourth-order valence-corrected chi connectivity index (χ4v) is 0.974. The highest BCUT2D eigenvalue weighted by molar-refractivity contribution is 5.43. The number of nitrogens with two attached hydrogens (primary N) is 1. The predicted molar refractivity (Wildman–Crippen MR) is 51.0 cm³/mol. The molecule has 1 heterocycles. The number of hydrogen-bond donors (Lipinski definition) is 1. The molecule has 0 amide bonds. The van der Waals surface area contributed by atoms with E-state index in [0.29, 0.717) is 0 Å². The number of nitrogen functional groups attached to an aromatic ring is 1. The lowest BCUT2D eigenvalue weighted by molar-refractivity contribution is -0.141. The maximum absolute atomic E-state index is 12.3. The van der Waals surface area contributed by atoms with Crippen molar-refractivity contribution in [1.29, 1.82) is 0 Å². The highest BCUT2D eigenvalue weighted by atomic mass is 19.4. The number of rotatable bonds is 4. The van der Waals surface area contributed by atoms with E-state index in [2.05, 4.69) is 9.72 Å². The second-order valence-corrected chi connectivity index (χ2v) is 2.96. The lowest BCUT2D eigenvalue weighted by Gasteiger charge is -2.10. The Kier molecular flexibility index (Phi) is 3.94. The Bertz CT molecular complexity index is 355. The van der Waals surface area contributed by atoms with Crippen LogP contribution < -0.4 is 10.5 Å². The van der Waals surface area contributed by atoms with Crippen molar-refractivity contribution < 1.29 is 22.6 Å². The summed E-state index contributed by atoms with van der Waals surface area (Å²) >= 11 is 0. The van der Waals surface area contributed by atoms with Gasteiger partial charge in [-0.2, -0.15) is 13.2 Å². The highest BCUT2D eigenvalue weighted by Gasteiger charge is 2.33. The van der Waals surface area contributed by atoms with Gasteiger partial charge in [0.15, 0.2) is 5.69 Å². The predicted octanol–water partition coefficient (Wildman–Crippen LogP) is 1.71. The van der Waals surface area contributed by atoms with E-state index in [-0.39, 0.29) is 24.8 Å². The minimum Gasteiger partial charge on any atom is -0.475 e. The summed E-state index contributed by atoms with van der Waals surface area (Å²) in [6.45, 7) is 0.377. The quantitative estimate of drug-likeness (QED) is 0.808. The van der Waals surface area contributed by atoms with Crippen LogP contribution in [-0.2, 0) is 10.9 Å². The van der Waals surface area contributed by atoms with Gasteiger partial charge in [-0.1, -0.05) is 0 Å². The topological polar surface area (TPSA) is 57.4 Å². The van der Waals surface area contributed by atoms with Gasteiger partial charge < -0.3 is 15.2 Å². The monoisotopic (exact) mass is 236 g/mol. The molecule has 0 spiro atoms. The second kappa shape index (κ2) is 5.02. The fraction of sp³-hybridized carbons (Fsp3) is 0.444. The minimum atomic E-state index is -4.53. The Balaban J connectivity index is 2.82. The zero-order chi connectivity index (χ0) is 12.2. The second-order valence-electron chi connectivity index (χ2n) is 2.96. The van der Waals surface area contributed by atoms with Crippen molar-refractivity contribution in [3.05, 3.63) is 17.8 Å². The van der Waals surface area contributed by atoms with Gasteiger partial charge in [0.05, 0.1) is 6.61 Å². The minimum absolute atomic E-state index is 0.0465. The van der Waals surface area contributed by atoms with Crippen molar-refractivity contribution in [3.63, 3.8) is 0 Å². The molecule has 1 aromatic rings. The van der Waals surface area contributed by atoms with Gasteiger partial charge in [0.2, 0.25) is 5.88 Å². The van der Waals surface area contributed by atoms with Crippen LogP contribution in [0, 0.1) is 0 Å². The molecule has 0 aromatic carbocycles. The molecule has 0 unspecified atom stereocenters. The van der Waals surface area contributed by atoms with Gasteiger partial charge in [0.25, 0.3) is 0 Å². The molecule has 7 heteroatoms. The maximum atomic E-state index is 12.3. The molecule has 0 saturated heterocycles. The lowest BCUT2D eigenvalue weighted by atomic mass is 10.3. The molecule has 16 heavy (non-hydrogen) atoms. The van der Waals surface area contributed by atoms with Crippen molar-refractivity contribution in [2.75, 3.05) is 26.1 Å². The number of pyridine rings is 1. The smallest absolute Gasteiger partial charge is 0.433 e. The maximum Gasteiger partial charge on any atom is 0.433 e. The van der Waals surface area contributed by atoms with Crippen molar-refractivity contribution in [3.8, 4) is 5.88 Å². The first-order chi connectivity index (χ1) is 7.43. The lowest BCUT2D eigenvalue weighted by Crippen LogP contribution is -2.11. The molecular formula is C9H11F3N2O2. The van der Waals surface area contributed by atoms with Crippen LogP contribution in [0.25, 0.3) is 0 Å². The van der Waals surface area contributed by atoms with Crippen molar-refractivity contribution in [2.24, 2.45) is 0 Å². The summed E-state index contributed by atoms with van der Waals surface area (Å²) in [6, 6.07) is 1.98. The molecule has 0 radical (unpaired) electrons. The number of halogens is 3. The van der Waals surface area contributed by atoms with E-state index < -0.39 is 11.9 Å². The number of alkyl halides is 3. The van der Waals surface area contributed by atoms with E-state index in [1.54, 1.807) is 0 Å². The third kappa shape index (κ3) is 3.58. The van der Waals surface area contributed by atoms with Crippen molar-refractivity contribution in [1.82, 2.24) is 4.98 Å². The van der Waals surface area contributed by atoms with Crippen LogP contribution in [0.2, 0.25) is 0 Å². The van der Waals surface area contributed by atoms with E-state index in [1.807, 2.05) is 0 Å². The highest BCUT2D eigenvalue weighted by Crippen LogP contribution is 2.30. The van der Waals surface area contributed by atoms with Crippen LogP contribution in [0.4, 0.5) is 18.9 Å². The van der Waals surface area contributed by atoms with E-state index in [4.69, 9.17) is 10.5 Å². The van der Waals surface area contributed by atoms with Crippen molar-refractivity contribution in [2.45, 2.75) is 6.18 Å². The molecule has 0 aliphatic rings. The van der Waals surface area contributed by atoms with Gasteiger partial charge in [-0.15, -0.1) is 0 Å². The molecule has 2 N–H and O–H groups in total.